The smallest absolute Gasteiger partial charge is 0.340 e. The van der Waals surface area contributed by atoms with E-state index in [9.17, 15) is 9.59 Å². The summed E-state index contributed by atoms with van der Waals surface area (Å²) in [7, 11) is 0. The second-order valence-electron chi connectivity index (χ2n) is 4.90. The molecule has 0 heterocycles. The molecule has 4 nitrogen and oxygen atoms in total. The van der Waals surface area contributed by atoms with E-state index in [1.807, 2.05) is 6.07 Å². The molecule has 1 fully saturated rings. The third-order valence-corrected chi connectivity index (χ3v) is 3.94. The van der Waals surface area contributed by atoms with Gasteiger partial charge in [0.1, 0.15) is 6.10 Å². The molecule has 1 aromatic rings. The molecule has 0 saturated heterocycles. The Kier molecular flexibility index (Phi) is 5.59. The van der Waals surface area contributed by atoms with Gasteiger partial charge in [-0.1, -0.05) is 40.5 Å². The van der Waals surface area contributed by atoms with Gasteiger partial charge in [0.2, 0.25) is 0 Å². The summed E-state index contributed by atoms with van der Waals surface area (Å²) < 4.78 is 5.39. The summed E-state index contributed by atoms with van der Waals surface area (Å²) >= 11 is 3.16. The van der Waals surface area contributed by atoms with E-state index in [0.717, 1.165) is 25.7 Å². The zero-order valence-electron chi connectivity index (χ0n) is 11.2. The fourth-order valence-corrected chi connectivity index (χ4v) is 2.57. The van der Waals surface area contributed by atoms with Crippen molar-refractivity contribution in [1.29, 1.82) is 0 Å². The zero-order valence-corrected chi connectivity index (χ0v) is 12.8. The number of amides is 1. The molecule has 1 amide bonds. The first kappa shape index (κ1) is 15.0. The van der Waals surface area contributed by atoms with Gasteiger partial charge < -0.3 is 10.1 Å². The van der Waals surface area contributed by atoms with Crippen LogP contribution >= 0.6 is 15.9 Å². The fraction of sp³-hybridized carbons (Fsp3) is 0.467. The van der Waals surface area contributed by atoms with Crippen molar-refractivity contribution in [1.82, 2.24) is 5.32 Å². The molecule has 1 aliphatic carbocycles. The van der Waals surface area contributed by atoms with Gasteiger partial charge in [0.25, 0.3) is 5.91 Å². The van der Waals surface area contributed by atoms with Crippen molar-refractivity contribution >= 4 is 27.8 Å². The standard InChI is InChI=1S/C15H18BrNO3/c16-13(15(19)20-12-9-5-2-6-10-12)17-14(18)11-7-3-1-4-8-11/h1,3-4,7-8,12-13H,2,5-6,9-10H2,(H,17,18). The lowest BCUT2D eigenvalue weighted by Gasteiger charge is -2.23. The maximum Gasteiger partial charge on any atom is 0.340 e. The quantitative estimate of drug-likeness (QED) is 0.521. The topological polar surface area (TPSA) is 55.4 Å². The highest BCUT2D eigenvalue weighted by molar-refractivity contribution is 9.10. The van der Waals surface area contributed by atoms with E-state index in [1.165, 1.54) is 6.42 Å². The fourth-order valence-electron chi connectivity index (χ4n) is 2.25. The minimum atomic E-state index is -0.808. The van der Waals surface area contributed by atoms with Gasteiger partial charge in [0.05, 0.1) is 0 Å². The molecule has 20 heavy (non-hydrogen) atoms. The van der Waals surface area contributed by atoms with Crippen LogP contribution in [0.1, 0.15) is 42.5 Å². The van der Waals surface area contributed by atoms with Crippen LogP contribution in [0.5, 0.6) is 0 Å². The zero-order chi connectivity index (χ0) is 14.4. The van der Waals surface area contributed by atoms with Gasteiger partial charge in [-0.05, 0) is 37.8 Å². The molecule has 0 bridgehead atoms. The highest BCUT2D eigenvalue weighted by atomic mass is 79.9. The molecule has 0 aliphatic heterocycles. The van der Waals surface area contributed by atoms with E-state index < -0.39 is 10.9 Å². The molecule has 1 N–H and O–H groups in total. The number of carbonyl (C=O) groups is 2. The first-order valence-electron chi connectivity index (χ1n) is 6.87. The summed E-state index contributed by atoms with van der Waals surface area (Å²) in [6.45, 7) is 0. The van der Waals surface area contributed by atoms with Crippen LogP contribution in [-0.2, 0) is 9.53 Å². The molecule has 0 spiro atoms. The van der Waals surface area contributed by atoms with E-state index in [2.05, 4.69) is 21.2 Å². The summed E-state index contributed by atoms with van der Waals surface area (Å²) in [6, 6.07) is 8.78. The van der Waals surface area contributed by atoms with Crippen molar-refractivity contribution < 1.29 is 14.3 Å². The molecule has 1 unspecified atom stereocenters. The maximum absolute atomic E-state index is 11.9. The largest absolute Gasteiger partial charge is 0.460 e. The lowest BCUT2D eigenvalue weighted by Crippen LogP contribution is -2.39. The SMILES string of the molecule is O=C(NC(Br)C(=O)OC1CCCCC1)c1ccccc1. The molecule has 1 saturated carbocycles. The number of hydrogen-bond donors (Lipinski definition) is 1. The molecule has 1 aliphatic rings. The van der Waals surface area contributed by atoms with Crippen molar-refractivity contribution in [2.24, 2.45) is 0 Å². The van der Waals surface area contributed by atoms with Crippen LogP contribution < -0.4 is 5.32 Å². The first-order chi connectivity index (χ1) is 9.66. The molecule has 1 aromatic carbocycles. The number of alkyl halides is 1. The highest BCUT2D eigenvalue weighted by Gasteiger charge is 2.24. The number of carbonyl (C=O) groups excluding carboxylic acids is 2. The normalized spacial score (nSPS) is 17.2. The van der Waals surface area contributed by atoms with Crippen LogP contribution in [0.15, 0.2) is 30.3 Å². The molecule has 5 heteroatoms. The number of benzene rings is 1. The third-order valence-electron chi connectivity index (χ3n) is 3.34. The maximum atomic E-state index is 11.9. The Morgan fingerprint density at radius 1 is 1.15 bits per heavy atom. The third kappa shape index (κ3) is 4.34. The number of esters is 1. The van der Waals surface area contributed by atoms with Crippen molar-refractivity contribution in [3.8, 4) is 0 Å². The van der Waals surface area contributed by atoms with Gasteiger partial charge in [0.15, 0.2) is 4.95 Å². The van der Waals surface area contributed by atoms with Gasteiger partial charge in [0, 0.05) is 5.56 Å². The Bertz CT molecular complexity index is 457. The second kappa shape index (κ2) is 7.43. The van der Waals surface area contributed by atoms with Gasteiger partial charge in [-0.15, -0.1) is 0 Å². The molecule has 2 rings (SSSR count). The monoisotopic (exact) mass is 339 g/mol. The molecule has 0 radical (unpaired) electrons. The predicted molar refractivity (Wildman–Crippen MR) is 79.6 cm³/mol. The minimum absolute atomic E-state index is 0.00933. The van der Waals surface area contributed by atoms with Crippen molar-refractivity contribution in [3.63, 3.8) is 0 Å². The van der Waals surface area contributed by atoms with Crippen molar-refractivity contribution in [3.05, 3.63) is 35.9 Å². The van der Waals surface area contributed by atoms with Crippen LogP contribution in [0.25, 0.3) is 0 Å². The lowest BCUT2D eigenvalue weighted by molar-refractivity contribution is -0.150. The number of hydrogen-bond acceptors (Lipinski definition) is 3. The van der Waals surface area contributed by atoms with Gasteiger partial charge in [-0.2, -0.15) is 0 Å². The van der Waals surface area contributed by atoms with Crippen LogP contribution in [0.4, 0.5) is 0 Å². The second-order valence-corrected chi connectivity index (χ2v) is 5.81. The molecular weight excluding hydrogens is 322 g/mol. The number of halogens is 1. The average molecular weight is 340 g/mol. The molecular formula is C15H18BrNO3. The lowest BCUT2D eigenvalue weighted by atomic mass is 9.98. The van der Waals surface area contributed by atoms with Crippen LogP contribution in [-0.4, -0.2) is 22.9 Å². The van der Waals surface area contributed by atoms with Crippen molar-refractivity contribution in [2.75, 3.05) is 0 Å². The summed E-state index contributed by atoms with van der Waals surface area (Å²) in [6.07, 6.45) is 5.22. The van der Waals surface area contributed by atoms with E-state index >= 15 is 0 Å². The summed E-state index contributed by atoms with van der Waals surface area (Å²) in [4.78, 5) is 23.0. The summed E-state index contributed by atoms with van der Waals surface area (Å²) in [5.74, 6) is -0.728. The van der Waals surface area contributed by atoms with E-state index in [1.54, 1.807) is 24.3 Å². The minimum Gasteiger partial charge on any atom is -0.460 e. The Labute approximate surface area is 127 Å². The number of rotatable bonds is 4. The molecule has 108 valence electrons. The van der Waals surface area contributed by atoms with Gasteiger partial charge in [-0.3, -0.25) is 4.79 Å². The highest BCUT2D eigenvalue weighted by Crippen LogP contribution is 2.21. The summed E-state index contributed by atoms with van der Waals surface area (Å²) in [5.41, 5.74) is 0.516. The van der Waals surface area contributed by atoms with E-state index in [4.69, 9.17) is 4.74 Å². The van der Waals surface area contributed by atoms with Gasteiger partial charge >= 0.3 is 5.97 Å². The Morgan fingerprint density at radius 3 is 2.45 bits per heavy atom. The van der Waals surface area contributed by atoms with E-state index in [0.29, 0.717) is 5.56 Å². The van der Waals surface area contributed by atoms with Crippen LogP contribution in [0, 0.1) is 0 Å². The molecule has 1 atom stereocenters. The Balaban J connectivity index is 1.83. The predicted octanol–water partition coefficient (Wildman–Crippen LogP) is 3.01. The van der Waals surface area contributed by atoms with Gasteiger partial charge in [-0.25, -0.2) is 4.79 Å². The van der Waals surface area contributed by atoms with Crippen LogP contribution in [0.2, 0.25) is 0 Å². The molecule has 0 aromatic heterocycles. The van der Waals surface area contributed by atoms with E-state index in [-0.39, 0.29) is 12.0 Å². The summed E-state index contributed by atoms with van der Waals surface area (Å²) in [5, 5.41) is 2.59. The Morgan fingerprint density at radius 2 is 1.80 bits per heavy atom. The first-order valence-corrected chi connectivity index (χ1v) is 7.79. The Hall–Kier alpha value is -1.36. The average Bonchev–Trinajstić information content (AvgIpc) is 2.49. The van der Waals surface area contributed by atoms with Crippen LogP contribution in [0.3, 0.4) is 0 Å². The van der Waals surface area contributed by atoms with Crippen molar-refractivity contribution in [2.45, 2.75) is 43.2 Å². The number of nitrogens with one attached hydrogen (secondary N) is 1. The number of ether oxygens (including phenoxy) is 1.